The molecule has 1 aliphatic rings. The van der Waals surface area contributed by atoms with Gasteiger partial charge in [-0.25, -0.2) is 4.79 Å². The van der Waals surface area contributed by atoms with E-state index in [4.69, 9.17) is 4.74 Å². The molecule has 0 atom stereocenters. The van der Waals surface area contributed by atoms with Crippen LogP contribution < -0.4 is 20.7 Å². The van der Waals surface area contributed by atoms with Gasteiger partial charge < -0.3 is 25.8 Å². The highest BCUT2D eigenvalue weighted by Gasteiger charge is 2.34. The summed E-state index contributed by atoms with van der Waals surface area (Å²) in [4.78, 5) is 11.7. The van der Waals surface area contributed by atoms with E-state index < -0.39 is 5.60 Å². The van der Waals surface area contributed by atoms with E-state index in [0.29, 0.717) is 24.5 Å². The van der Waals surface area contributed by atoms with Crippen LogP contribution in [0.4, 0.5) is 10.5 Å². The number of aliphatic hydroxyl groups is 1. The van der Waals surface area contributed by atoms with Crippen molar-refractivity contribution in [3.63, 3.8) is 0 Å². The summed E-state index contributed by atoms with van der Waals surface area (Å²) in [5.74, 6) is 0.594. The van der Waals surface area contributed by atoms with E-state index in [1.54, 1.807) is 19.2 Å². The van der Waals surface area contributed by atoms with Gasteiger partial charge in [-0.05, 0) is 12.1 Å². The molecular formula is C12H17N3O3. The van der Waals surface area contributed by atoms with Crippen LogP contribution in [0.2, 0.25) is 0 Å². The molecular weight excluding hydrogens is 234 g/mol. The molecule has 18 heavy (non-hydrogen) atoms. The van der Waals surface area contributed by atoms with Gasteiger partial charge in [0.1, 0.15) is 11.4 Å². The fraction of sp³-hybridized carbons (Fsp3) is 0.417. The van der Waals surface area contributed by atoms with Crippen molar-refractivity contribution < 1.29 is 14.6 Å². The summed E-state index contributed by atoms with van der Waals surface area (Å²) < 4.78 is 5.12. The highest BCUT2D eigenvalue weighted by Crippen LogP contribution is 2.22. The third-order valence-corrected chi connectivity index (χ3v) is 2.84. The average Bonchev–Trinajstić information content (AvgIpc) is 2.35. The number of hydrogen-bond donors (Lipinski definition) is 4. The molecule has 0 aliphatic carbocycles. The molecule has 0 saturated carbocycles. The van der Waals surface area contributed by atoms with Crippen molar-refractivity contribution in [3.8, 4) is 5.75 Å². The van der Waals surface area contributed by atoms with Gasteiger partial charge in [0.25, 0.3) is 0 Å². The van der Waals surface area contributed by atoms with Gasteiger partial charge in [0.05, 0.1) is 19.3 Å². The molecule has 1 heterocycles. The second-order valence-electron chi connectivity index (χ2n) is 4.34. The fourth-order valence-electron chi connectivity index (χ4n) is 1.70. The molecule has 0 spiro atoms. The van der Waals surface area contributed by atoms with Gasteiger partial charge in [-0.15, -0.1) is 0 Å². The molecule has 1 aromatic carbocycles. The number of urea groups is 1. The van der Waals surface area contributed by atoms with Crippen molar-refractivity contribution in [1.29, 1.82) is 0 Å². The first-order valence-electron chi connectivity index (χ1n) is 5.74. The van der Waals surface area contributed by atoms with E-state index in [-0.39, 0.29) is 12.6 Å². The Bertz CT molecular complexity index is 432. The normalized spacial score (nSPS) is 16.6. The molecule has 6 nitrogen and oxygen atoms in total. The second kappa shape index (κ2) is 5.24. The molecule has 4 N–H and O–H groups in total. The zero-order valence-corrected chi connectivity index (χ0v) is 10.2. The molecule has 0 bridgehead atoms. The van der Waals surface area contributed by atoms with Crippen LogP contribution in [-0.4, -0.2) is 43.5 Å². The lowest BCUT2D eigenvalue weighted by molar-refractivity contribution is -0.00575. The summed E-state index contributed by atoms with van der Waals surface area (Å²) in [5.41, 5.74) is -0.228. The topological polar surface area (TPSA) is 82.6 Å². The Morgan fingerprint density at radius 1 is 1.50 bits per heavy atom. The van der Waals surface area contributed by atoms with Gasteiger partial charge >= 0.3 is 6.03 Å². The molecule has 0 aromatic heterocycles. The Morgan fingerprint density at radius 3 is 2.83 bits per heavy atom. The summed E-state index contributed by atoms with van der Waals surface area (Å²) in [7, 11) is 1.54. The maximum atomic E-state index is 11.7. The van der Waals surface area contributed by atoms with Gasteiger partial charge in [-0.1, -0.05) is 12.1 Å². The monoisotopic (exact) mass is 251 g/mol. The number of ether oxygens (including phenoxy) is 1. The van der Waals surface area contributed by atoms with Crippen molar-refractivity contribution in [2.24, 2.45) is 0 Å². The Kier molecular flexibility index (Phi) is 3.69. The van der Waals surface area contributed by atoms with E-state index >= 15 is 0 Å². The number of β-amino-alcohol motifs (C(OH)–C–C–N with tert-alkyl or cyclic N) is 1. The minimum atomic E-state index is -0.821. The van der Waals surface area contributed by atoms with Gasteiger partial charge in [0.15, 0.2) is 0 Å². The van der Waals surface area contributed by atoms with Crippen molar-refractivity contribution in [3.05, 3.63) is 24.3 Å². The predicted molar refractivity (Wildman–Crippen MR) is 67.8 cm³/mol. The number of benzene rings is 1. The molecule has 1 saturated heterocycles. The number of methoxy groups -OCH3 is 1. The largest absolute Gasteiger partial charge is 0.495 e. The summed E-state index contributed by atoms with van der Waals surface area (Å²) in [5, 5.41) is 18.1. The summed E-state index contributed by atoms with van der Waals surface area (Å²) in [6.45, 7) is 1.23. The smallest absolute Gasteiger partial charge is 0.319 e. The fourth-order valence-corrected chi connectivity index (χ4v) is 1.70. The van der Waals surface area contributed by atoms with Gasteiger partial charge in [0.2, 0.25) is 0 Å². The summed E-state index contributed by atoms with van der Waals surface area (Å²) in [6, 6.07) is 6.78. The molecule has 6 heteroatoms. The average molecular weight is 251 g/mol. The lowest BCUT2D eigenvalue weighted by Crippen LogP contribution is -2.64. The van der Waals surface area contributed by atoms with E-state index in [9.17, 15) is 9.90 Å². The number of anilines is 1. The summed E-state index contributed by atoms with van der Waals surface area (Å²) >= 11 is 0. The van der Waals surface area contributed by atoms with Crippen LogP contribution in [0.15, 0.2) is 24.3 Å². The Labute approximate surface area is 105 Å². The van der Waals surface area contributed by atoms with Crippen LogP contribution >= 0.6 is 0 Å². The van der Waals surface area contributed by atoms with Crippen molar-refractivity contribution >= 4 is 11.7 Å². The SMILES string of the molecule is COc1ccccc1NC(=O)NCC1(O)CNC1. The van der Waals surface area contributed by atoms with Gasteiger partial charge in [-0.2, -0.15) is 0 Å². The number of carbonyl (C=O) groups is 1. The number of amides is 2. The van der Waals surface area contributed by atoms with Crippen LogP contribution in [0.1, 0.15) is 0 Å². The van der Waals surface area contributed by atoms with Crippen LogP contribution in [0, 0.1) is 0 Å². The Morgan fingerprint density at radius 2 is 2.22 bits per heavy atom. The molecule has 1 fully saturated rings. The standard InChI is InChI=1S/C12H17N3O3/c1-18-10-5-3-2-4-9(10)15-11(16)14-8-12(17)6-13-7-12/h2-5,13,17H,6-8H2,1H3,(H2,14,15,16). The minimum absolute atomic E-state index is 0.223. The molecule has 2 amide bonds. The number of carbonyl (C=O) groups excluding carboxylic acids is 1. The first-order valence-corrected chi connectivity index (χ1v) is 5.74. The predicted octanol–water partition coefficient (Wildman–Crippen LogP) is 0.151. The zero-order chi connectivity index (χ0) is 13.0. The first-order chi connectivity index (χ1) is 8.63. The second-order valence-corrected chi connectivity index (χ2v) is 4.34. The highest BCUT2D eigenvalue weighted by molar-refractivity contribution is 5.90. The van der Waals surface area contributed by atoms with Gasteiger partial charge in [-0.3, -0.25) is 0 Å². The number of rotatable bonds is 4. The molecule has 0 unspecified atom stereocenters. The zero-order valence-electron chi connectivity index (χ0n) is 10.2. The van der Waals surface area contributed by atoms with Crippen LogP contribution in [0.25, 0.3) is 0 Å². The van der Waals surface area contributed by atoms with Crippen molar-refractivity contribution in [2.75, 3.05) is 32.1 Å². The Hall–Kier alpha value is -1.79. The Balaban J connectivity index is 1.86. The van der Waals surface area contributed by atoms with Gasteiger partial charge in [0, 0.05) is 13.1 Å². The highest BCUT2D eigenvalue weighted by atomic mass is 16.5. The van der Waals surface area contributed by atoms with Crippen LogP contribution in [-0.2, 0) is 0 Å². The van der Waals surface area contributed by atoms with E-state index in [1.165, 1.54) is 0 Å². The third-order valence-electron chi connectivity index (χ3n) is 2.84. The lowest BCUT2D eigenvalue weighted by atomic mass is 9.98. The third kappa shape index (κ3) is 2.91. The molecule has 98 valence electrons. The maximum Gasteiger partial charge on any atom is 0.319 e. The quantitative estimate of drug-likeness (QED) is 0.614. The van der Waals surface area contributed by atoms with E-state index in [0.717, 1.165) is 0 Å². The lowest BCUT2D eigenvalue weighted by Gasteiger charge is -2.37. The van der Waals surface area contributed by atoms with Crippen molar-refractivity contribution in [1.82, 2.24) is 10.6 Å². The number of nitrogens with one attached hydrogen (secondary N) is 3. The molecule has 1 aromatic rings. The van der Waals surface area contributed by atoms with Crippen LogP contribution in [0.3, 0.4) is 0 Å². The van der Waals surface area contributed by atoms with E-state index in [2.05, 4.69) is 16.0 Å². The minimum Gasteiger partial charge on any atom is -0.495 e. The number of para-hydroxylation sites is 2. The first kappa shape index (κ1) is 12.7. The number of hydrogen-bond acceptors (Lipinski definition) is 4. The maximum absolute atomic E-state index is 11.7. The molecule has 2 rings (SSSR count). The molecule has 1 aliphatic heterocycles. The van der Waals surface area contributed by atoms with Crippen molar-refractivity contribution in [2.45, 2.75) is 5.60 Å². The molecule has 0 radical (unpaired) electrons. The summed E-state index contributed by atoms with van der Waals surface area (Å²) in [6.07, 6.45) is 0. The van der Waals surface area contributed by atoms with E-state index in [1.807, 2.05) is 12.1 Å². The van der Waals surface area contributed by atoms with Crippen LogP contribution in [0.5, 0.6) is 5.75 Å².